The number of carbonyl (C=O) groups excluding carboxylic acids is 1. The van der Waals surface area contributed by atoms with Crippen molar-refractivity contribution in [3.8, 4) is 6.07 Å². The van der Waals surface area contributed by atoms with Crippen molar-refractivity contribution in [2.24, 2.45) is 0 Å². The third-order valence-corrected chi connectivity index (χ3v) is 3.91. The van der Waals surface area contributed by atoms with Crippen LogP contribution < -0.4 is 4.72 Å². The Labute approximate surface area is 122 Å². The highest BCUT2D eigenvalue weighted by Gasteiger charge is 2.16. The van der Waals surface area contributed by atoms with Gasteiger partial charge < -0.3 is 0 Å². The van der Waals surface area contributed by atoms with Gasteiger partial charge in [0.25, 0.3) is 5.91 Å². The molecule has 0 aromatic heterocycles. The van der Waals surface area contributed by atoms with E-state index in [1.165, 1.54) is 24.3 Å². The molecule has 0 aliphatic heterocycles. The summed E-state index contributed by atoms with van der Waals surface area (Å²) >= 11 is 0. The molecule has 5 nitrogen and oxygen atoms in total. The molecule has 6 heteroatoms. The summed E-state index contributed by atoms with van der Waals surface area (Å²) in [5, 5.41) is 8.77. The van der Waals surface area contributed by atoms with Crippen LogP contribution in [-0.4, -0.2) is 14.3 Å². The molecule has 0 saturated heterocycles. The van der Waals surface area contributed by atoms with Crippen molar-refractivity contribution >= 4 is 15.9 Å². The predicted molar refractivity (Wildman–Crippen MR) is 77.7 cm³/mol. The van der Waals surface area contributed by atoms with Crippen molar-refractivity contribution in [2.45, 2.75) is 5.75 Å². The Hall–Kier alpha value is -2.65. The molecule has 0 aliphatic rings. The van der Waals surface area contributed by atoms with Crippen molar-refractivity contribution in [2.75, 3.05) is 0 Å². The van der Waals surface area contributed by atoms with Gasteiger partial charge in [-0.15, -0.1) is 0 Å². The van der Waals surface area contributed by atoms with E-state index in [0.29, 0.717) is 11.1 Å². The highest BCUT2D eigenvalue weighted by molar-refractivity contribution is 7.89. The number of benzene rings is 2. The van der Waals surface area contributed by atoms with Gasteiger partial charge in [0.2, 0.25) is 10.0 Å². The van der Waals surface area contributed by atoms with Crippen molar-refractivity contribution in [3.05, 3.63) is 71.3 Å². The van der Waals surface area contributed by atoms with E-state index in [4.69, 9.17) is 5.26 Å². The maximum absolute atomic E-state index is 11.9. The molecule has 0 saturated carbocycles. The van der Waals surface area contributed by atoms with Gasteiger partial charge in [0.05, 0.1) is 17.4 Å². The summed E-state index contributed by atoms with van der Waals surface area (Å²) in [6.07, 6.45) is 0. The van der Waals surface area contributed by atoms with E-state index in [1.54, 1.807) is 30.3 Å². The average Bonchev–Trinajstić information content (AvgIpc) is 2.47. The first kappa shape index (κ1) is 14.8. The van der Waals surface area contributed by atoms with Gasteiger partial charge in [0.15, 0.2) is 0 Å². The zero-order chi connectivity index (χ0) is 15.3. The van der Waals surface area contributed by atoms with Gasteiger partial charge in [-0.1, -0.05) is 36.4 Å². The van der Waals surface area contributed by atoms with Crippen molar-refractivity contribution in [3.63, 3.8) is 0 Å². The first-order valence-corrected chi connectivity index (χ1v) is 7.74. The van der Waals surface area contributed by atoms with Gasteiger partial charge in [0, 0.05) is 5.56 Å². The van der Waals surface area contributed by atoms with E-state index < -0.39 is 15.9 Å². The van der Waals surface area contributed by atoms with Crippen LogP contribution in [0.5, 0.6) is 0 Å². The van der Waals surface area contributed by atoms with Crippen LogP contribution in [0.4, 0.5) is 0 Å². The largest absolute Gasteiger partial charge is 0.268 e. The second-order valence-corrected chi connectivity index (χ2v) is 6.09. The van der Waals surface area contributed by atoms with Crippen LogP contribution in [0.2, 0.25) is 0 Å². The highest BCUT2D eigenvalue weighted by atomic mass is 32.2. The van der Waals surface area contributed by atoms with E-state index in [1.807, 2.05) is 10.8 Å². The molecule has 2 aromatic carbocycles. The molecule has 0 aliphatic carbocycles. The fourth-order valence-electron chi connectivity index (χ4n) is 1.76. The molecule has 0 atom stereocenters. The summed E-state index contributed by atoms with van der Waals surface area (Å²) in [5.41, 5.74) is 1.01. The minimum absolute atomic E-state index is 0.130. The molecule has 2 aromatic rings. The number of carbonyl (C=O) groups is 1. The van der Waals surface area contributed by atoms with Crippen molar-refractivity contribution in [1.29, 1.82) is 5.26 Å². The number of amides is 1. The van der Waals surface area contributed by atoms with Crippen LogP contribution in [0.3, 0.4) is 0 Å². The molecule has 0 spiro atoms. The summed E-state index contributed by atoms with van der Waals surface area (Å²) in [6.45, 7) is 0. The fourth-order valence-corrected chi connectivity index (χ4v) is 2.86. The summed E-state index contributed by atoms with van der Waals surface area (Å²) in [6, 6.07) is 16.3. The number of nitriles is 1. The monoisotopic (exact) mass is 300 g/mol. The lowest BCUT2D eigenvalue weighted by atomic mass is 10.1. The third kappa shape index (κ3) is 4.16. The number of hydrogen-bond acceptors (Lipinski definition) is 4. The lowest BCUT2D eigenvalue weighted by Crippen LogP contribution is -2.31. The Morgan fingerprint density at radius 3 is 2.48 bits per heavy atom. The minimum atomic E-state index is -3.78. The van der Waals surface area contributed by atoms with Crippen LogP contribution in [0.1, 0.15) is 21.5 Å². The lowest BCUT2D eigenvalue weighted by molar-refractivity contribution is 0.0981. The van der Waals surface area contributed by atoms with Crippen LogP contribution in [0, 0.1) is 11.3 Å². The zero-order valence-corrected chi connectivity index (χ0v) is 11.8. The second kappa shape index (κ2) is 6.20. The molecular weight excluding hydrogens is 288 g/mol. The maximum Gasteiger partial charge on any atom is 0.264 e. The Morgan fingerprint density at radius 2 is 1.81 bits per heavy atom. The van der Waals surface area contributed by atoms with E-state index in [0.717, 1.165) is 0 Å². The fraction of sp³-hybridized carbons (Fsp3) is 0.0667. The normalized spacial score (nSPS) is 10.6. The van der Waals surface area contributed by atoms with Gasteiger partial charge in [-0.25, -0.2) is 13.1 Å². The number of hydrogen-bond donors (Lipinski definition) is 1. The SMILES string of the molecule is N#Cc1cccc(C(=O)NS(=O)(=O)Cc2ccccc2)c1. The second-order valence-electron chi connectivity index (χ2n) is 4.37. The number of nitrogens with zero attached hydrogens (tertiary/aromatic N) is 1. The quantitative estimate of drug-likeness (QED) is 0.933. The summed E-state index contributed by atoms with van der Waals surface area (Å²) in [7, 11) is -3.78. The maximum atomic E-state index is 11.9. The smallest absolute Gasteiger partial charge is 0.264 e. The molecule has 106 valence electrons. The average molecular weight is 300 g/mol. The Morgan fingerprint density at radius 1 is 1.10 bits per heavy atom. The van der Waals surface area contributed by atoms with Gasteiger partial charge in [-0.3, -0.25) is 4.79 Å². The standard InChI is InChI=1S/C15H12N2O3S/c16-10-13-7-4-8-14(9-13)15(18)17-21(19,20)11-12-5-2-1-3-6-12/h1-9H,11H2,(H,17,18). The molecular formula is C15H12N2O3S. The van der Waals surface area contributed by atoms with E-state index >= 15 is 0 Å². The molecule has 0 bridgehead atoms. The van der Waals surface area contributed by atoms with E-state index in [-0.39, 0.29) is 11.3 Å². The van der Waals surface area contributed by atoms with Crippen molar-refractivity contribution < 1.29 is 13.2 Å². The van der Waals surface area contributed by atoms with Gasteiger partial charge >= 0.3 is 0 Å². The topological polar surface area (TPSA) is 87.0 Å². The number of sulfonamides is 1. The van der Waals surface area contributed by atoms with Crippen LogP contribution >= 0.6 is 0 Å². The van der Waals surface area contributed by atoms with Crippen LogP contribution in [0.25, 0.3) is 0 Å². The zero-order valence-electron chi connectivity index (χ0n) is 11.0. The molecule has 0 radical (unpaired) electrons. The van der Waals surface area contributed by atoms with Gasteiger partial charge in [0.1, 0.15) is 0 Å². The summed E-state index contributed by atoms with van der Waals surface area (Å²) in [4.78, 5) is 11.9. The van der Waals surface area contributed by atoms with Gasteiger partial charge in [-0.05, 0) is 23.8 Å². The Bertz CT molecular complexity index is 793. The van der Waals surface area contributed by atoms with Crippen LogP contribution in [0.15, 0.2) is 54.6 Å². The van der Waals surface area contributed by atoms with Crippen molar-refractivity contribution in [1.82, 2.24) is 4.72 Å². The summed E-state index contributed by atoms with van der Waals surface area (Å²) < 4.78 is 25.9. The van der Waals surface area contributed by atoms with Gasteiger partial charge in [-0.2, -0.15) is 5.26 Å². The summed E-state index contributed by atoms with van der Waals surface area (Å²) in [5.74, 6) is -1.03. The first-order chi connectivity index (χ1) is 10.00. The van der Waals surface area contributed by atoms with E-state index in [2.05, 4.69) is 0 Å². The predicted octanol–water partition coefficient (Wildman–Crippen LogP) is 1.82. The minimum Gasteiger partial charge on any atom is -0.268 e. The molecule has 0 fully saturated rings. The number of rotatable bonds is 4. The molecule has 1 amide bonds. The molecule has 0 heterocycles. The molecule has 0 unspecified atom stereocenters. The number of nitrogens with one attached hydrogen (secondary N) is 1. The van der Waals surface area contributed by atoms with Crippen LogP contribution in [-0.2, 0) is 15.8 Å². The Kier molecular flexibility index (Phi) is 4.36. The van der Waals surface area contributed by atoms with E-state index in [9.17, 15) is 13.2 Å². The third-order valence-electron chi connectivity index (χ3n) is 2.70. The first-order valence-electron chi connectivity index (χ1n) is 6.09. The Balaban J connectivity index is 2.13. The molecule has 2 rings (SSSR count). The lowest BCUT2D eigenvalue weighted by Gasteiger charge is -2.07. The molecule has 21 heavy (non-hydrogen) atoms. The highest BCUT2D eigenvalue weighted by Crippen LogP contribution is 2.07. The molecule has 1 N–H and O–H groups in total.